The average Bonchev–Trinajstić information content (AvgIpc) is 2.33. The lowest BCUT2D eigenvalue weighted by molar-refractivity contribution is -0.123. The number of hydrogen-bond acceptors (Lipinski definition) is 8. The molecule has 0 saturated heterocycles. The van der Waals surface area contributed by atoms with Gasteiger partial charge in [-0.25, -0.2) is 4.79 Å². The Morgan fingerprint density at radius 1 is 0.850 bits per heavy atom. The second-order valence-corrected chi connectivity index (χ2v) is 3.46. The van der Waals surface area contributed by atoms with Crippen molar-refractivity contribution in [1.29, 1.82) is 0 Å². The van der Waals surface area contributed by atoms with Gasteiger partial charge in [-0.2, -0.15) is 4.21 Å². The highest BCUT2D eigenvalue weighted by Gasteiger charge is 2.29. The molecule has 10 N–H and O–H groups in total. The molecule has 4 atom stereocenters. The minimum absolute atomic E-state index is 0.726. The topological polar surface area (TPSA) is 236 Å². The van der Waals surface area contributed by atoms with Crippen molar-refractivity contribution in [3.8, 4) is 0 Å². The molecule has 0 bridgehead atoms. The zero-order valence-electron chi connectivity index (χ0n) is 9.92. The maximum atomic E-state index is 8.96. The number of aliphatic hydroxyl groups is 6. The highest BCUT2D eigenvalue weighted by molar-refractivity contribution is 7.73. The molecule has 0 aromatic rings. The first-order valence-electron chi connectivity index (χ1n) is 4.66. The quantitative estimate of drug-likeness (QED) is 0.220. The number of aliphatic hydroxyl groups excluding tert-OH is 6. The van der Waals surface area contributed by atoms with E-state index in [0.717, 1.165) is 0 Å². The van der Waals surface area contributed by atoms with Crippen LogP contribution >= 0.6 is 0 Å². The van der Waals surface area contributed by atoms with E-state index in [4.69, 9.17) is 59.0 Å². The van der Waals surface area contributed by atoms with Crippen LogP contribution in [0.2, 0.25) is 0 Å². The van der Waals surface area contributed by atoms with Gasteiger partial charge in [-0.1, -0.05) is 0 Å². The lowest BCUT2D eigenvalue weighted by Gasteiger charge is -2.24. The average molecular weight is 326 g/mol. The van der Waals surface area contributed by atoms with E-state index in [0.29, 0.717) is 0 Å². The van der Waals surface area contributed by atoms with Crippen molar-refractivity contribution in [2.45, 2.75) is 24.4 Å². The molecule has 12 nitrogen and oxygen atoms in total. The van der Waals surface area contributed by atoms with Crippen LogP contribution in [0.3, 0.4) is 0 Å². The van der Waals surface area contributed by atoms with Gasteiger partial charge < -0.3 is 40.9 Å². The summed E-state index contributed by atoms with van der Waals surface area (Å²) in [4.78, 5) is 8.56. The molecule has 0 saturated carbocycles. The third-order valence-electron chi connectivity index (χ3n) is 1.51. The summed E-state index contributed by atoms with van der Waals surface area (Å²) in [5.74, 6) is 0. The maximum Gasteiger partial charge on any atom is 0.503 e. The third-order valence-corrected chi connectivity index (χ3v) is 1.51. The normalized spacial score (nSPS) is 15.8. The Labute approximate surface area is 115 Å². The predicted octanol–water partition coefficient (Wildman–Crippen LogP) is -3.68. The molecule has 0 fully saturated rings. The van der Waals surface area contributed by atoms with Crippen LogP contribution in [0.15, 0.2) is 0 Å². The van der Waals surface area contributed by atoms with E-state index >= 15 is 0 Å². The predicted molar refractivity (Wildman–Crippen MR) is 62.3 cm³/mol. The Morgan fingerprint density at radius 3 is 1.10 bits per heavy atom. The van der Waals surface area contributed by atoms with Gasteiger partial charge in [0.05, 0.1) is 13.2 Å². The smallest absolute Gasteiger partial charge is 0.450 e. The van der Waals surface area contributed by atoms with E-state index < -0.39 is 55.1 Å². The van der Waals surface area contributed by atoms with Crippen LogP contribution in [0.4, 0.5) is 4.79 Å². The van der Waals surface area contributed by atoms with E-state index in [1.54, 1.807) is 0 Å². The van der Waals surface area contributed by atoms with Crippen molar-refractivity contribution in [2.24, 2.45) is 0 Å². The van der Waals surface area contributed by atoms with Crippen molar-refractivity contribution in [3.63, 3.8) is 0 Å². The van der Waals surface area contributed by atoms with Gasteiger partial charge in [-0.05, 0) is 0 Å². The van der Waals surface area contributed by atoms with Gasteiger partial charge in [0, 0.05) is 0 Å². The van der Waals surface area contributed by atoms with Crippen LogP contribution in [0.1, 0.15) is 0 Å². The van der Waals surface area contributed by atoms with Crippen molar-refractivity contribution in [2.75, 3.05) is 13.2 Å². The zero-order valence-corrected chi connectivity index (χ0v) is 10.7. The molecule has 13 heteroatoms. The minimum atomic E-state index is -2.61. The van der Waals surface area contributed by atoms with E-state index in [1.165, 1.54) is 0 Å². The van der Waals surface area contributed by atoms with Gasteiger partial charge >= 0.3 is 6.16 Å². The Hall–Kier alpha value is -0.900. The Balaban J connectivity index is -0.000000297. The fraction of sp³-hybridized carbons (Fsp3) is 0.857. The molecule has 0 spiro atoms. The second-order valence-electron chi connectivity index (χ2n) is 2.99. The summed E-state index contributed by atoms with van der Waals surface area (Å²) in [7, 11) is 0. The lowest BCUT2D eigenvalue weighted by atomic mass is 10.0. The van der Waals surface area contributed by atoms with Crippen molar-refractivity contribution in [1.82, 2.24) is 0 Å². The van der Waals surface area contributed by atoms with Gasteiger partial charge in [0.25, 0.3) is 11.4 Å². The number of carboxylic acid groups (broad SMARTS) is 2. The van der Waals surface area contributed by atoms with Crippen LogP contribution in [0.25, 0.3) is 0 Å². The van der Waals surface area contributed by atoms with Gasteiger partial charge in [0.2, 0.25) is 0 Å². The standard InChI is InChI=1S/C6H14O6.CH2O3.H2O3S/c7-1-3(9)5(11)6(12)4(10)2-8;2-1(3)4;1-4(2)3/h3-12H,1-2H2;(H2,2,3,4);(H2,1,2,3)/t3-,4-,5-,6-;;/m1../s1. The molecule has 0 aliphatic rings. The van der Waals surface area contributed by atoms with Gasteiger partial charge in [-0.3, -0.25) is 9.11 Å². The van der Waals surface area contributed by atoms with Crippen molar-refractivity contribution >= 4 is 17.5 Å². The van der Waals surface area contributed by atoms with Gasteiger partial charge in [0.15, 0.2) is 0 Å². The fourth-order valence-corrected chi connectivity index (χ4v) is 0.671. The molecule has 0 rings (SSSR count). The SMILES string of the molecule is O=C(O)O.O=S(O)O.OC[C@@H](O)[C@@H](O)[C@H](O)[C@H](O)CO. The molecule has 0 aromatic carbocycles. The first-order chi connectivity index (χ1) is 9.00. The molecule has 0 radical (unpaired) electrons. The van der Waals surface area contributed by atoms with E-state index in [-0.39, 0.29) is 0 Å². The van der Waals surface area contributed by atoms with E-state index in [1.807, 2.05) is 0 Å². The highest BCUT2D eigenvalue weighted by atomic mass is 32.2. The second kappa shape index (κ2) is 14.5. The van der Waals surface area contributed by atoms with E-state index in [9.17, 15) is 0 Å². The molecule has 0 heterocycles. The van der Waals surface area contributed by atoms with Crippen molar-refractivity contribution in [3.05, 3.63) is 0 Å². The Morgan fingerprint density at radius 2 is 1.00 bits per heavy atom. The van der Waals surface area contributed by atoms with Gasteiger partial charge in [0.1, 0.15) is 24.4 Å². The summed E-state index contributed by atoms with van der Waals surface area (Å²) in [5, 5.41) is 66.1. The molecule has 0 unspecified atom stereocenters. The molecular formula is C7H18O12S. The van der Waals surface area contributed by atoms with Crippen LogP contribution < -0.4 is 0 Å². The molecule has 0 aliphatic carbocycles. The molecule has 20 heavy (non-hydrogen) atoms. The lowest BCUT2D eigenvalue weighted by Crippen LogP contribution is -2.46. The minimum Gasteiger partial charge on any atom is -0.450 e. The molecule has 0 amide bonds. The first-order valence-corrected chi connectivity index (χ1v) is 5.73. The monoisotopic (exact) mass is 326 g/mol. The maximum absolute atomic E-state index is 8.96. The molecule has 0 aliphatic heterocycles. The Bertz CT molecular complexity index is 226. The largest absolute Gasteiger partial charge is 0.503 e. The van der Waals surface area contributed by atoms with E-state index in [2.05, 4.69) is 0 Å². The summed E-state index contributed by atoms with van der Waals surface area (Å²) in [6.45, 7) is -1.45. The van der Waals surface area contributed by atoms with Crippen LogP contribution in [-0.2, 0) is 11.4 Å². The Kier molecular flexibility index (Phi) is 17.5. The summed E-state index contributed by atoms with van der Waals surface area (Å²) >= 11 is -2.61. The van der Waals surface area contributed by atoms with Crippen molar-refractivity contribution < 1.29 is 59.0 Å². The summed E-state index contributed by atoms with van der Waals surface area (Å²) in [5.41, 5.74) is 0. The first kappa shape index (κ1) is 24.1. The highest BCUT2D eigenvalue weighted by Crippen LogP contribution is 2.03. The zero-order chi connectivity index (χ0) is 16.9. The molecule has 124 valence electrons. The van der Waals surface area contributed by atoms with Crippen LogP contribution in [0.5, 0.6) is 0 Å². The summed E-state index contributed by atoms with van der Waals surface area (Å²) < 4.78 is 22.8. The molecule has 0 aromatic heterocycles. The number of carbonyl (C=O) groups is 1. The van der Waals surface area contributed by atoms with Crippen LogP contribution in [-0.4, -0.2) is 98.0 Å². The number of hydrogen-bond donors (Lipinski definition) is 10. The van der Waals surface area contributed by atoms with Crippen LogP contribution in [0, 0.1) is 0 Å². The summed E-state index contributed by atoms with van der Waals surface area (Å²) in [6, 6.07) is 0. The molecular weight excluding hydrogens is 308 g/mol. The number of rotatable bonds is 5. The third kappa shape index (κ3) is 19.4. The fourth-order valence-electron chi connectivity index (χ4n) is 0.671. The van der Waals surface area contributed by atoms with Gasteiger partial charge in [-0.15, -0.1) is 0 Å². The summed E-state index contributed by atoms with van der Waals surface area (Å²) in [6.07, 6.45) is -8.23.